The molecule has 0 saturated heterocycles. The molecule has 0 spiro atoms. The Hall–Kier alpha value is -0.970. The van der Waals surface area contributed by atoms with Gasteiger partial charge in [0.25, 0.3) is 0 Å². The zero-order valence-electron chi connectivity index (χ0n) is 9.47. The van der Waals surface area contributed by atoms with E-state index in [-0.39, 0.29) is 0 Å². The zero-order chi connectivity index (χ0) is 13.1. The summed E-state index contributed by atoms with van der Waals surface area (Å²) in [4.78, 5) is 4.32. The van der Waals surface area contributed by atoms with Gasteiger partial charge in [0, 0.05) is 11.5 Å². The van der Waals surface area contributed by atoms with E-state index in [9.17, 15) is 0 Å². The van der Waals surface area contributed by atoms with Crippen LogP contribution in [-0.2, 0) is 0 Å². The number of halogens is 3. The van der Waals surface area contributed by atoms with Crippen LogP contribution >= 0.6 is 39.1 Å². The lowest BCUT2D eigenvalue weighted by Crippen LogP contribution is -2.00. The van der Waals surface area contributed by atoms with Crippen molar-refractivity contribution in [3.63, 3.8) is 0 Å². The first-order valence-electron chi connectivity index (χ1n) is 5.17. The van der Waals surface area contributed by atoms with Crippen molar-refractivity contribution in [2.24, 2.45) is 0 Å². The number of aromatic nitrogens is 1. The van der Waals surface area contributed by atoms with Crippen LogP contribution in [0.15, 0.2) is 34.8 Å². The first-order valence-corrected chi connectivity index (χ1v) is 6.72. The maximum Gasteiger partial charge on any atom is 0.151 e. The molecule has 94 valence electrons. The fraction of sp³-hybridized carbons (Fsp3) is 0.0833. The SMILES string of the molecule is CNc1nc(Nc2ccccc2Br)c(Cl)cc1Cl. The van der Waals surface area contributed by atoms with Gasteiger partial charge in [0.15, 0.2) is 5.82 Å². The Labute approximate surface area is 124 Å². The molecule has 0 aliphatic rings. The highest BCUT2D eigenvalue weighted by atomic mass is 79.9. The van der Waals surface area contributed by atoms with Gasteiger partial charge in [-0.1, -0.05) is 35.3 Å². The van der Waals surface area contributed by atoms with Crippen LogP contribution in [0.25, 0.3) is 0 Å². The average molecular weight is 347 g/mol. The minimum absolute atomic E-state index is 0.467. The first-order chi connectivity index (χ1) is 8.61. The Morgan fingerprint density at radius 3 is 2.44 bits per heavy atom. The summed E-state index contributed by atoms with van der Waals surface area (Å²) >= 11 is 15.6. The van der Waals surface area contributed by atoms with Gasteiger partial charge in [-0.2, -0.15) is 0 Å². The molecular formula is C12H10BrCl2N3. The Morgan fingerprint density at radius 2 is 1.78 bits per heavy atom. The molecule has 1 aromatic carbocycles. The van der Waals surface area contributed by atoms with Crippen LogP contribution in [0.3, 0.4) is 0 Å². The van der Waals surface area contributed by atoms with Crippen LogP contribution in [0.2, 0.25) is 10.0 Å². The van der Waals surface area contributed by atoms with Crippen LogP contribution < -0.4 is 10.6 Å². The van der Waals surface area contributed by atoms with E-state index in [1.165, 1.54) is 0 Å². The Bertz CT molecular complexity index is 575. The van der Waals surface area contributed by atoms with E-state index < -0.39 is 0 Å². The molecule has 0 radical (unpaired) electrons. The fourth-order valence-corrected chi connectivity index (χ4v) is 2.30. The third-order valence-electron chi connectivity index (χ3n) is 2.29. The highest BCUT2D eigenvalue weighted by Gasteiger charge is 2.09. The Morgan fingerprint density at radius 1 is 1.11 bits per heavy atom. The van der Waals surface area contributed by atoms with E-state index in [0.29, 0.717) is 21.7 Å². The van der Waals surface area contributed by atoms with Gasteiger partial charge in [-0.05, 0) is 34.1 Å². The molecule has 0 fully saturated rings. The number of pyridine rings is 1. The molecule has 2 rings (SSSR count). The minimum atomic E-state index is 0.467. The molecule has 2 aromatic rings. The topological polar surface area (TPSA) is 37.0 Å². The molecule has 0 amide bonds. The maximum atomic E-state index is 6.11. The van der Waals surface area contributed by atoms with Gasteiger partial charge in [0.2, 0.25) is 0 Å². The maximum absolute atomic E-state index is 6.11. The number of hydrogen-bond donors (Lipinski definition) is 2. The van der Waals surface area contributed by atoms with Crippen molar-refractivity contribution in [3.05, 3.63) is 44.8 Å². The average Bonchev–Trinajstić information content (AvgIpc) is 2.35. The molecule has 1 heterocycles. The van der Waals surface area contributed by atoms with E-state index in [2.05, 4.69) is 31.5 Å². The highest BCUT2D eigenvalue weighted by molar-refractivity contribution is 9.10. The fourth-order valence-electron chi connectivity index (χ4n) is 1.42. The standard InChI is InChI=1S/C12H10BrCl2N3/c1-16-11-8(14)6-9(15)12(18-11)17-10-5-3-2-4-7(10)13/h2-6H,1H3,(H2,16,17,18). The van der Waals surface area contributed by atoms with Gasteiger partial charge in [0.05, 0.1) is 15.7 Å². The van der Waals surface area contributed by atoms with E-state index in [1.54, 1.807) is 13.1 Å². The van der Waals surface area contributed by atoms with E-state index >= 15 is 0 Å². The zero-order valence-corrected chi connectivity index (χ0v) is 12.6. The monoisotopic (exact) mass is 345 g/mol. The van der Waals surface area contributed by atoms with Gasteiger partial charge >= 0.3 is 0 Å². The van der Waals surface area contributed by atoms with E-state index in [1.807, 2.05) is 24.3 Å². The molecule has 0 aliphatic heterocycles. The van der Waals surface area contributed by atoms with E-state index in [4.69, 9.17) is 23.2 Å². The lowest BCUT2D eigenvalue weighted by molar-refractivity contribution is 1.27. The summed E-state index contributed by atoms with van der Waals surface area (Å²) in [6.07, 6.45) is 0. The smallest absolute Gasteiger partial charge is 0.151 e. The molecule has 0 saturated carbocycles. The van der Waals surface area contributed by atoms with Gasteiger partial charge in [-0.15, -0.1) is 0 Å². The molecule has 6 heteroatoms. The summed E-state index contributed by atoms with van der Waals surface area (Å²) in [7, 11) is 1.75. The molecule has 0 aliphatic carbocycles. The molecular weight excluding hydrogens is 337 g/mol. The summed E-state index contributed by atoms with van der Waals surface area (Å²) < 4.78 is 0.934. The van der Waals surface area contributed by atoms with Gasteiger partial charge in [0.1, 0.15) is 5.82 Å². The third-order valence-corrected chi connectivity index (χ3v) is 3.56. The van der Waals surface area contributed by atoms with Crippen LogP contribution in [0.5, 0.6) is 0 Å². The summed E-state index contributed by atoms with van der Waals surface area (Å²) in [5.41, 5.74) is 0.885. The molecule has 18 heavy (non-hydrogen) atoms. The Balaban J connectivity index is 2.38. The van der Waals surface area contributed by atoms with Crippen molar-refractivity contribution in [2.45, 2.75) is 0 Å². The number of hydrogen-bond acceptors (Lipinski definition) is 3. The number of benzene rings is 1. The van der Waals surface area contributed by atoms with Crippen molar-refractivity contribution in [2.75, 3.05) is 17.7 Å². The lowest BCUT2D eigenvalue weighted by Gasteiger charge is -2.11. The number of rotatable bonds is 3. The van der Waals surface area contributed by atoms with Crippen LogP contribution in [0, 0.1) is 0 Å². The molecule has 0 bridgehead atoms. The summed E-state index contributed by atoms with van der Waals surface area (Å²) in [5, 5.41) is 7.02. The molecule has 3 nitrogen and oxygen atoms in total. The third kappa shape index (κ3) is 2.88. The van der Waals surface area contributed by atoms with Crippen molar-refractivity contribution in [1.82, 2.24) is 4.98 Å². The Kier molecular flexibility index (Phi) is 4.32. The van der Waals surface area contributed by atoms with Gasteiger partial charge in [-0.25, -0.2) is 4.98 Å². The van der Waals surface area contributed by atoms with E-state index in [0.717, 1.165) is 10.2 Å². The number of nitrogens with one attached hydrogen (secondary N) is 2. The number of anilines is 3. The molecule has 0 atom stereocenters. The second kappa shape index (κ2) is 5.78. The van der Waals surface area contributed by atoms with Crippen molar-refractivity contribution < 1.29 is 0 Å². The second-order valence-corrected chi connectivity index (χ2v) is 5.17. The lowest BCUT2D eigenvalue weighted by atomic mass is 10.3. The summed E-state index contributed by atoms with van der Waals surface area (Å²) in [5.74, 6) is 1.13. The van der Waals surface area contributed by atoms with Gasteiger partial charge in [-0.3, -0.25) is 0 Å². The largest absolute Gasteiger partial charge is 0.372 e. The predicted octanol–water partition coefficient (Wildman–Crippen LogP) is 4.94. The normalized spacial score (nSPS) is 10.2. The highest BCUT2D eigenvalue weighted by Crippen LogP contribution is 2.32. The first kappa shape index (κ1) is 13.5. The molecule has 2 N–H and O–H groups in total. The van der Waals surface area contributed by atoms with Crippen molar-refractivity contribution in [1.29, 1.82) is 0 Å². The quantitative estimate of drug-likeness (QED) is 0.826. The van der Waals surface area contributed by atoms with Crippen LogP contribution in [-0.4, -0.2) is 12.0 Å². The predicted molar refractivity (Wildman–Crippen MR) is 81.2 cm³/mol. The van der Waals surface area contributed by atoms with Crippen LogP contribution in [0.1, 0.15) is 0 Å². The van der Waals surface area contributed by atoms with Gasteiger partial charge < -0.3 is 10.6 Å². The van der Waals surface area contributed by atoms with Crippen molar-refractivity contribution in [3.8, 4) is 0 Å². The second-order valence-electron chi connectivity index (χ2n) is 3.50. The minimum Gasteiger partial charge on any atom is -0.372 e. The number of para-hydroxylation sites is 1. The summed E-state index contributed by atoms with van der Waals surface area (Å²) in [6.45, 7) is 0. The number of nitrogens with zero attached hydrogens (tertiary/aromatic N) is 1. The molecule has 0 unspecified atom stereocenters. The molecule has 1 aromatic heterocycles. The van der Waals surface area contributed by atoms with Crippen molar-refractivity contribution >= 4 is 56.5 Å². The summed E-state index contributed by atoms with van der Waals surface area (Å²) in [6, 6.07) is 9.38. The van der Waals surface area contributed by atoms with Crippen LogP contribution in [0.4, 0.5) is 17.3 Å².